The number of hydrogen-bond acceptors (Lipinski definition) is 7. The summed E-state index contributed by atoms with van der Waals surface area (Å²) in [5, 5.41) is 18.9. The van der Waals surface area contributed by atoms with Crippen molar-refractivity contribution in [2.45, 2.75) is 12.8 Å². The van der Waals surface area contributed by atoms with Gasteiger partial charge < -0.3 is 24.4 Å². The average Bonchev–Trinajstić information content (AvgIpc) is 3.11. The molecule has 0 spiro atoms. The van der Waals surface area contributed by atoms with Crippen LogP contribution in [0.15, 0.2) is 34.9 Å². The van der Waals surface area contributed by atoms with E-state index in [-0.39, 0.29) is 0 Å². The normalized spacial score (nSPS) is 13.9. The monoisotopic (exact) mass is 375 g/mol. The van der Waals surface area contributed by atoms with Crippen LogP contribution in [0.5, 0.6) is 5.75 Å². The first-order valence-electron chi connectivity index (χ1n) is 8.19. The van der Waals surface area contributed by atoms with E-state index in [2.05, 4.69) is 28.2 Å². The molecule has 0 bridgehead atoms. The molecule has 2 aromatic rings. The number of likely N-dealkylation sites (N-methyl/N-ethyl adjacent to an activating group) is 1. The molecule has 0 amide bonds. The number of carboxylic acid groups (broad SMARTS) is 2. The quantitative estimate of drug-likeness (QED) is 0.765. The summed E-state index contributed by atoms with van der Waals surface area (Å²) in [7, 11) is 3.77. The molecular formula is C18H21N3O6. The molecule has 9 nitrogen and oxygen atoms in total. The van der Waals surface area contributed by atoms with Gasteiger partial charge in [-0.25, -0.2) is 9.59 Å². The van der Waals surface area contributed by atoms with Gasteiger partial charge in [-0.2, -0.15) is 4.98 Å². The second kappa shape index (κ2) is 9.48. The van der Waals surface area contributed by atoms with Crippen LogP contribution in [-0.2, 0) is 16.0 Å². The number of ether oxygens (including phenoxy) is 1. The zero-order valence-corrected chi connectivity index (χ0v) is 15.1. The molecule has 0 atom stereocenters. The van der Waals surface area contributed by atoms with Gasteiger partial charge in [0.2, 0.25) is 0 Å². The number of rotatable bonds is 4. The minimum atomic E-state index is -1.82. The highest BCUT2D eigenvalue weighted by molar-refractivity contribution is 6.27. The molecule has 0 aliphatic carbocycles. The number of nitrogens with zero attached hydrogens (tertiary/aromatic N) is 3. The lowest BCUT2D eigenvalue weighted by molar-refractivity contribution is -0.159. The third-order valence-electron chi connectivity index (χ3n) is 3.81. The van der Waals surface area contributed by atoms with Crippen LogP contribution >= 0.6 is 0 Å². The second-order valence-electron chi connectivity index (χ2n) is 5.87. The predicted molar refractivity (Wildman–Crippen MR) is 95.5 cm³/mol. The van der Waals surface area contributed by atoms with Gasteiger partial charge in [0.25, 0.3) is 5.89 Å². The van der Waals surface area contributed by atoms with Crippen molar-refractivity contribution in [1.29, 1.82) is 0 Å². The Morgan fingerprint density at radius 1 is 1.26 bits per heavy atom. The molecule has 3 rings (SSSR count). The summed E-state index contributed by atoms with van der Waals surface area (Å²) in [6.45, 7) is 1.93. The maximum Gasteiger partial charge on any atom is 0.414 e. The largest absolute Gasteiger partial charge is 0.496 e. The predicted octanol–water partition coefficient (Wildman–Crippen LogP) is 1.54. The lowest BCUT2D eigenvalue weighted by atomic mass is 10.1. The third-order valence-corrected chi connectivity index (χ3v) is 3.81. The van der Waals surface area contributed by atoms with Crippen molar-refractivity contribution >= 4 is 17.5 Å². The molecular weight excluding hydrogens is 354 g/mol. The van der Waals surface area contributed by atoms with Gasteiger partial charge in [0.15, 0.2) is 5.82 Å². The summed E-state index contributed by atoms with van der Waals surface area (Å²) in [5.74, 6) is -1.49. The number of carbonyl (C=O) groups is 2. The van der Waals surface area contributed by atoms with Gasteiger partial charge >= 0.3 is 11.9 Å². The van der Waals surface area contributed by atoms with Crippen molar-refractivity contribution in [2.24, 2.45) is 0 Å². The van der Waals surface area contributed by atoms with Crippen molar-refractivity contribution in [1.82, 2.24) is 15.0 Å². The first-order valence-corrected chi connectivity index (χ1v) is 8.19. The highest BCUT2D eigenvalue weighted by Crippen LogP contribution is 2.22. The fourth-order valence-electron chi connectivity index (χ4n) is 2.52. The van der Waals surface area contributed by atoms with Crippen molar-refractivity contribution in [2.75, 3.05) is 27.2 Å². The summed E-state index contributed by atoms with van der Waals surface area (Å²) >= 11 is 0. The lowest BCUT2D eigenvalue weighted by Crippen LogP contribution is -2.25. The molecule has 9 heteroatoms. The molecule has 144 valence electrons. The molecule has 27 heavy (non-hydrogen) atoms. The summed E-state index contributed by atoms with van der Waals surface area (Å²) in [6, 6.07) is 7.89. The fraction of sp³-hybridized carbons (Fsp3) is 0.333. The molecule has 0 saturated heterocycles. The molecule has 0 saturated carbocycles. The molecule has 0 unspecified atom stereocenters. The Kier molecular flexibility index (Phi) is 7.07. The number of carboxylic acids is 2. The summed E-state index contributed by atoms with van der Waals surface area (Å²) in [6.07, 6.45) is 3.81. The topological polar surface area (TPSA) is 126 Å². The van der Waals surface area contributed by atoms with Gasteiger partial charge in [0.05, 0.1) is 7.11 Å². The Labute approximate surface area is 155 Å². The number of methoxy groups -OCH3 is 1. The average molecular weight is 375 g/mol. The number of para-hydroxylation sites is 1. The van der Waals surface area contributed by atoms with E-state index in [9.17, 15) is 0 Å². The van der Waals surface area contributed by atoms with Gasteiger partial charge in [-0.3, -0.25) is 0 Å². The standard InChI is InChI=1S/C16H19N3O2.C2H2O4/c1-19-9-5-7-13(11-19)16-17-15(18-21-16)10-12-6-3-4-8-14(12)20-2;3-1(4)2(5)6/h3-4,6-8H,5,9-11H2,1-2H3;(H,3,4)(H,5,6). The molecule has 1 aromatic carbocycles. The summed E-state index contributed by atoms with van der Waals surface area (Å²) < 4.78 is 10.8. The van der Waals surface area contributed by atoms with Gasteiger partial charge in [0, 0.05) is 30.6 Å². The third kappa shape index (κ3) is 5.93. The molecule has 0 radical (unpaired) electrons. The van der Waals surface area contributed by atoms with Crippen LogP contribution in [0.3, 0.4) is 0 Å². The maximum atomic E-state index is 9.10. The summed E-state index contributed by atoms with van der Waals surface area (Å²) in [4.78, 5) is 25.0. The van der Waals surface area contributed by atoms with Gasteiger partial charge in [-0.1, -0.05) is 29.4 Å². The van der Waals surface area contributed by atoms with Gasteiger partial charge in [0.1, 0.15) is 5.75 Å². The minimum absolute atomic E-state index is 0.608. The van der Waals surface area contributed by atoms with Crippen molar-refractivity contribution in [3.63, 3.8) is 0 Å². The van der Waals surface area contributed by atoms with E-state index in [1.165, 1.54) is 0 Å². The Balaban J connectivity index is 0.000000380. The maximum absolute atomic E-state index is 9.10. The zero-order chi connectivity index (χ0) is 19.8. The van der Waals surface area contributed by atoms with Crippen LogP contribution in [-0.4, -0.2) is 64.4 Å². The van der Waals surface area contributed by atoms with Crippen molar-refractivity contribution < 1.29 is 29.1 Å². The molecule has 2 heterocycles. The van der Waals surface area contributed by atoms with Crippen molar-refractivity contribution in [3.05, 3.63) is 47.6 Å². The number of aliphatic carboxylic acids is 2. The van der Waals surface area contributed by atoms with E-state index in [0.29, 0.717) is 18.1 Å². The lowest BCUT2D eigenvalue weighted by Gasteiger charge is -2.20. The molecule has 1 aromatic heterocycles. The van der Waals surface area contributed by atoms with Crippen LogP contribution in [0.2, 0.25) is 0 Å². The van der Waals surface area contributed by atoms with Crippen LogP contribution in [0, 0.1) is 0 Å². The Morgan fingerprint density at radius 3 is 2.59 bits per heavy atom. The smallest absolute Gasteiger partial charge is 0.414 e. The Morgan fingerprint density at radius 2 is 1.96 bits per heavy atom. The highest BCUT2D eigenvalue weighted by atomic mass is 16.5. The zero-order valence-electron chi connectivity index (χ0n) is 15.1. The fourth-order valence-corrected chi connectivity index (χ4v) is 2.52. The first kappa shape index (κ1) is 20.1. The van der Waals surface area contributed by atoms with E-state index in [1.54, 1.807) is 7.11 Å². The van der Waals surface area contributed by atoms with Crippen molar-refractivity contribution in [3.8, 4) is 5.75 Å². The molecule has 1 aliphatic rings. The van der Waals surface area contributed by atoms with E-state index >= 15 is 0 Å². The number of aromatic nitrogens is 2. The van der Waals surface area contributed by atoms with E-state index in [0.717, 1.165) is 36.4 Å². The van der Waals surface area contributed by atoms with Crippen LogP contribution < -0.4 is 4.74 Å². The second-order valence-corrected chi connectivity index (χ2v) is 5.87. The molecule has 0 fully saturated rings. The van der Waals surface area contributed by atoms with E-state index < -0.39 is 11.9 Å². The van der Waals surface area contributed by atoms with E-state index in [1.807, 2.05) is 24.3 Å². The van der Waals surface area contributed by atoms with Gasteiger partial charge in [-0.05, 0) is 19.5 Å². The first-order chi connectivity index (χ1) is 12.9. The van der Waals surface area contributed by atoms with Crippen LogP contribution in [0.4, 0.5) is 0 Å². The minimum Gasteiger partial charge on any atom is -0.496 e. The molecule has 2 N–H and O–H groups in total. The van der Waals surface area contributed by atoms with Crippen LogP contribution in [0.1, 0.15) is 23.7 Å². The summed E-state index contributed by atoms with van der Waals surface area (Å²) in [5.41, 5.74) is 2.17. The van der Waals surface area contributed by atoms with E-state index in [4.69, 9.17) is 29.1 Å². The SMILES string of the molecule is COc1ccccc1Cc1noc(C2=CCCN(C)C2)n1.O=C(O)C(=O)O. The van der Waals surface area contributed by atoms with Gasteiger partial charge in [-0.15, -0.1) is 0 Å². The Hall–Kier alpha value is -3.20. The number of hydrogen-bond donors (Lipinski definition) is 2. The highest BCUT2D eigenvalue weighted by Gasteiger charge is 2.17. The molecule has 1 aliphatic heterocycles. The number of benzene rings is 1. The van der Waals surface area contributed by atoms with Crippen LogP contribution in [0.25, 0.3) is 5.57 Å². The Bertz CT molecular complexity index is 818.